The summed E-state index contributed by atoms with van der Waals surface area (Å²) >= 11 is 0. The van der Waals surface area contributed by atoms with E-state index >= 15 is 0 Å². The van der Waals surface area contributed by atoms with Crippen molar-refractivity contribution in [3.63, 3.8) is 0 Å². The summed E-state index contributed by atoms with van der Waals surface area (Å²) in [6.45, 7) is 2.43. The number of hydrogen-bond donors (Lipinski definition) is 2. The largest absolute Gasteiger partial charge is 0.392 e. The molecule has 3 heteroatoms. The molecule has 1 fully saturated rings. The van der Waals surface area contributed by atoms with Gasteiger partial charge in [0.15, 0.2) is 0 Å². The monoisotopic (exact) mass is 173 g/mol. The Hall–Kier alpha value is -0.120. The Morgan fingerprint density at radius 1 is 1.50 bits per heavy atom. The van der Waals surface area contributed by atoms with Crippen molar-refractivity contribution in [3.05, 3.63) is 0 Å². The van der Waals surface area contributed by atoms with E-state index < -0.39 is 0 Å². The number of aliphatic hydroxyl groups excluding tert-OH is 2. The van der Waals surface area contributed by atoms with Gasteiger partial charge in [-0.05, 0) is 33.2 Å². The normalized spacial score (nSPS) is 32.8. The molecule has 0 aromatic carbocycles. The van der Waals surface area contributed by atoms with Crippen LogP contribution in [0.1, 0.15) is 26.2 Å². The molecule has 3 nitrogen and oxygen atoms in total. The van der Waals surface area contributed by atoms with Gasteiger partial charge in [-0.3, -0.25) is 4.90 Å². The van der Waals surface area contributed by atoms with E-state index in [0.717, 1.165) is 19.3 Å². The van der Waals surface area contributed by atoms with Crippen molar-refractivity contribution < 1.29 is 10.2 Å². The average molecular weight is 173 g/mol. The summed E-state index contributed by atoms with van der Waals surface area (Å²) in [6, 6.07) is 0.264. The van der Waals surface area contributed by atoms with Gasteiger partial charge < -0.3 is 10.2 Å². The molecule has 0 amide bonds. The van der Waals surface area contributed by atoms with Gasteiger partial charge in [-0.1, -0.05) is 0 Å². The van der Waals surface area contributed by atoms with Gasteiger partial charge >= 0.3 is 0 Å². The van der Waals surface area contributed by atoms with Crippen LogP contribution in [0.4, 0.5) is 0 Å². The Kier molecular flexibility index (Phi) is 3.50. The predicted molar refractivity (Wildman–Crippen MR) is 48.0 cm³/mol. The van der Waals surface area contributed by atoms with Crippen LogP contribution in [0, 0.1) is 0 Å². The second-order valence-corrected chi connectivity index (χ2v) is 3.85. The molecule has 0 aromatic rings. The highest BCUT2D eigenvalue weighted by molar-refractivity contribution is 4.84. The minimum Gasteiger partial charge on any atom is -0.392 e. The molecule has 1 aliphatic rings. The van der Waals surface area contributed by atoms with Crippen LogP contribution in [0.2, 0.25) is 0 Å². The summed E-state index contributed by atoms with van der Waals surface area (Å²) in [6.07, 6.45) is 2.59. The lowest BCUT2D eigenvalue weighted by molar-refractivity contribution is 0.0565. The van der Waals surface area contributed by atoms with Gasteiger partial charge in [-0.15, -0.1) is 0 Å². The van der Waals surface area contributed by atoms with E-state index in [1.54, 1.807) is 6.92 Å². The Balaban J connectivity index is 2.35. The molecule has 1 aliphatic carbocycles. The lowest BCUT2D eigenvalue weighted by Gasteiger charge is -2.27. The molecule has 12 heavy (non-hydrogen) atoms. The standard InChI is InChI=1S/C9H19NO2/c1-7(11)6-10(2)8-4-3-5-9(8)12/h7-9,11-12H,3-6H2,1-2H3/t7?,8-,9-/m1/s1. The van der Waals surface area contributed by atoms with E-state index in [1.165, 1.54) is 0 Å². The number of rotatable bonds is 3. The molecular formula is C9H19NO2. The van der Waals surface area contributed by atoms with Crippen molar-refractivity contribution in [1.82, 2.24) is 4.90 Å². The van der Waals surface area contributed by atoms with Crippen molar-refractivity contribution in [2.45, 2.75) is 44.4 Å². The molecule has 0 bridgehead atoms. The highest BCUT2D eigenvalue weighted by Crippen LogP contribution is 2.23. The summed E-state index contributed by atoms with van der Waals surface area (Å²) in [7, 11) is 1.96. The maximum absolute atomic E-state index is 9.55. The zero-order chi connectivity index (χ0) is 9.14. The van der Waals surface area contributed by atoms with Crippen molar-refractivity contribution >= 4 is 0 Å². The van der Waals surface area contributed by atoms with Crippen LogP contribution < -0.4 is 0 Å². The molecule has 0 heterocycles. The minimum atomic E-state index is -0.303. The molecule has 1 unspecified atom stereocenters. The summed E-state index contributed by atoms with van der Waals surface area (Å²) in [4.78, 5) is 2.06. The molecule has 2 N–H and O–H groups in total. The molecule has 0 saturated heterocycles. The van der Waals surface area contributed by atoms with Crippen LogP contribution in [0.25, 0.3) is 0 Å². The smallest absolute Gasteiger partial charge is 0.0695 e. The van der Waals surface area contributed by atoms with Crippen LogP contribution in [0.5, 0.6) is 0 Å². The van der Waals surface area contributed by atoms with Gasteiger partial charge in [0, 0.05) is 12.6 Å². The fourth-order valence-corrected chi connectivity index (χ4v) is 1.99. The Bertz CT molecular complexity index is 138. The average Bonchev–Trinajstić information content (AvgIpc) is 2.33. The van der Waals surface area contributed by atoms with Gasteiger partial charge in [-0.25, -0.2) is 0 Å². The highest BCUT2D eigenvalue weighted by Gasteiger charge is 2.28. The molecule has 0 spiro atoms. The fourth-order valence-electron chi connectivity index (χ4n) is 1.99. The molecule has 0 radical (unpaired) electrons. The summed E-state index contributed by atoms with van der Waals surface area (Å²) in [5, 5.41) is 18.7. The van der Waals surface area contributed by atoms with Crippen LogP contribution in [-0.2, 0) is 0 Å². The molecular weight excluding hydrogens is 154 g/mol. The third kappa shape index (κ3) is 2.44. The SMILES string of the molecule is CC(O)CN(C)[C@@H]1CCC[C@H]1O. The first-order chi connectivity index (χ1) is 5.61. The third-order valence-corrected chi connectivity index (χ3v) is 2.56. The maximum atomic E-state index is 9.55. The van der Waals surface area contributed by atoms with Crippen LogP contribution in [0.3, 0.4) is 0 Å². The van der Waals surface area contributed by atoms with E-state index in [9.17, 15) is 5.11 Å². The molecule has 0 aliphatic heterocycles. The number of nitrogens with zero attached hydrogens (tertiary/aromatic N) is 1. The first kappa shape index (κ1) is 9.96. The number of hydrogen-bond acceptors (Lipinski definition) is 3. The first-order valence-electron chi connectivity index (χ1n) is 4.67. The molecule has 0 aromatic heterocycles. The molecule has 72 valence electrons. The Labute approximate surface area is 74.0 Å². The van der Waals surface area contributed by atoms with Crippen molar-refractivity contribution in [2.24, 2.45) is 0 Å². The second-order valence-electron chi connectivity index (χ2n) is 3.85. The summed E-state index contributed by atoms with van der Waals surface area (Å²) in [5.74, 6) is 0. The Morgan fingerprint density at radius 3 is 2.58 bits per heavy atom. The molecule has 1 rings (SSSR count). The minimum absolute atomic E-state index is 0.186. The van der Waals surface area contributed by atoms with E-state index in [-0.39, 0.29) is 18.2 Å². The van der Waals surface area contributed by atoms with E-state index in [0.29, 0.717) is 6.54 Å². The summed E-state index contributed by atoms with van der Waals surface area (Å²) < 4.78 is 0. The van der Waals surface area contributed by atoms with E-state index in [4.69, 9.17) is 5.11 Å². The first-order valence-corrected chi connectivity index (χ1v) is 4.67. The zero-order valence-corrected chi connectivity index (χ0v) is 7.90. The lowest BCUT2D eigenvalue weighted by Crippen LogP contribution is -2.41. The van der Waals surface area contributed by atoms with Gasteiger partial charge in [0.2, 0.25) is 0 Å². The molecule has 3 atom stereocenters. The maximum Gasteiger partial charge on any atom is 0.0695 e. The Morgan fingerprint density at radius 2 is 2.17 bits per heavy atom. The van der Waals surface area contributed by atoms with Crippen molar-refractivity contribution in [2.75, 3.05) is 13.6 Å². The number of likely N-dealkylation sites (N-methyl/N-ethyl adjacent to an activating group) is 1. The highest BCUT2D eigenvalue weighted by atomic mass is 16.3. The third-order valence-electron chi connectivity index (χ3n) is 2.56. The topological polar surface area (TPSA) is 43.7 Å². The van der Waals surface area contributed by atoms with E-state index in [1.807, 2.05) is 7.05 Å². The molecule has 1 saturated carbocycles. The zero-order valence-electron chi connectivity index (χ0n) is 7.90. The number of aliphatic hydroxyl groups is 2. The van der Waals surface area contributed by atoms with Gasteiger partial charge in [0.1, 0.15) is 0 Å². The van der Waals surface area contributed by atoms with Gasteiger partial charge in [-0.2, -0.15) is 0 Å². The van der Waals surface area contributed by atoms with Gasteiger partial charge in [0.05, 0.1) is 12.2 Å². The quantitative estimate of drug-likeness (QED) is 0.641. The second kappa shape index (κ2) is 4.21. The van der Waals surface area contributed by atoms with Crippen molar-refractivity contribution in [1.29, 1.82) is 0 Å². The predicted octanol–water partition coefficient (Wildman–Crippen LogP) is 0.212. The van der Waals surface area contributed by atoms with Gasteiger partial charge in [0.25, 0.3) is 0 Å². The lowest BCUT2D eigenvalue weighted by atomic mass is 10.2. The van der Waals surface area contributed by atoms with Crippen LogP contribution in [-0.4, -0.2) is 47.0 Å². The fraction of sp³-hybridized carbons (Fsp3) is 1.00. The van der Waals surface area contributed by atoms with Crippen LogP contribution >= 0.6 is 0 Å². The van der Waals surface area contributed by atoms with Crippen LogP contribution in [0.15, 0.2) is 0 Å². The van der Waals surface area contributed by atoms with Crippen molar-refractivity contribution in [3.8, 4) is 0 Å². The summed E-state index contributed by atoms with van der Waals surface area (Å²) in [5.41, 5.74) is 0. The van der Waals surface area contributed by atoms with E-state index in [2.05, 4.69) is 4.90 Å².